The lowest BCUT2D eigenvalue weighted by molar-refractivity contribution is -0.140. The first-order chi connectivity index (χ1) is 18.2. The fraction of sp³-hybridized carbons (Fsp3) is 0.515. The Labute approximate surface area is 234 Å². The van der Waals surface area contributed by atoms with Gasteiger partial charge in [-0.25, -0.2) is 0 Å². The van der Waals surface area contributed by atoms with Crippen LogP contribution in [0.25, 0.3) is 5.76 Å². The minimum atomic E-state index is -0.667. The number of likely N-dealkylation sites (tertiary alicyclic amines) is 1. The van der Waals surface area contributed by atoms with Crippen molar-refractivity contribution in [3.8, 4) is 5.75 Å². The van der Waals surface area contributed by atoms with Crippen LogP contribution in [0.4, 0.5) is 0 Å². The molecule has 2 aromatic rings. The molecule has 1 fully saturated rings. The lowest BCUT2D eigenvalue weighted by atomic mass is 9.84. The number of benzene rings is 2. The number of carbonyl (C=O) groups is 2. The molecule has 1 heterocycles. The van der Waals surface area contributed by atoms with Crippen LogP contribution in [0.3, 0.4) is 0 Å². The summed E-state index contributed by atoms with van der Waals surface area (Å²) < 4.78 is 5.85. The van der Waals surface area contributed by atoms with E-state index in [9.17, 15) is 14.7 Å². The number of aliphatic hydroxyl groups is 1. The lowest BCUT2D eigenvalue weighted by Crippen LogP contribution is -2.38. The Morgan fingerprint density at radius 3 is 2.05 bits per heavy atom. The molecule has 0 aromatic heterocycles. The molecule has 0 spiro atoms. The van der Waals surface area contributed by atoms with E-state index in [2.05, 4.69) is 72.4 Å². The number of likely N-dealkylation sites (N-methyl/N-ethyl adjacent to an activating group) is 1. The smallest absolute Gasteiger partial charge is 0.295 e. The highest BCUT2D eigenvalue weighted by atomic mass is 16.5. The molecule has 0 bridgehead atoms. The summed E-state index contributed by atoms with van der Waals surface area (Å²) in [4.78, 5) is 30.8. The molecule has 1 unspecified atom stereocenters. The summed E-state index contributed by atoms with van der Waals surface area (Å²) in [5.74, 6) is -0.633. The van der Waals surface area contributed by atoms with E-state index in [4.69, 9.17) is 4.74 Å². The molecule has 6 heteroatoms. The quantitative estimate of drug-likeness (QED) is 0.228. The minimum Gasteiger partial charge on any atom is -0.507 e. The largest absolute Gasteiger partial charge is 0.507 e. The molecular formula is C33H46N2O4. The molecule has 212 valence electrons. The highest BCUT2D eigenvalue weighted by Gasteiger charge is 2.46. The second-order valence-corrected chi connectivity index (χ2v) is 12.3. The number of Topliss-reactive ketones (excluding diaryl/α,β-unsaturated/α-hetero) is 1. The zero-order valence-electron chi connectivity index (χ0n) is 25.2. The number of amides is 1. The first-order valence-electron chi connectivity index (χ1n) is 14.1. The van der Waals surface area contributed by atoms with Crippen LogP contribution in [0.1, 0.15) is 90.6 Å². The number of ether oxygens (including phenoxy) is 1. The average molecular weight is 535 g/mol. The lowest BCUT2D eigenvalue weighted by Gasteiger charge is -2.29. The highest BCUT2D eigenvalue weighted by Crippen LogP contribution is 2.41. The van der Waals surface area contributed by atoms with Gasteiger partial charge in [0, 0.05) is 24.2 Å². The van der Waals surface area contributed by atoms with E-state index in [1.54, 1.807) is 11.0 Å². The van der Waals surface area contributed by atoms with Crippen molar-refractivity contribution in [2.24, 2.45) is 0 Å². The van der Waals surface area contributed by atoms with E-state index < -0.39 is 17.7 Å². The van der Waals surface area contributed by atoms with Crippen LogP contribution in [-0.2, 0) is 20.4 Å². The van der Waals surface area contributed by atoms with E-state index in [-0.39, 0.29) is 22.2 Å². The first kappa shape index (κ1) is 30.4. The van der Waals surface area contributed by atoms with Crippen molar-refractivity contribution in [1.29, 1.82) is 0 Å². The molecule has 2 aromatic carbocycles. The summed E-state index contributed by atoms with van der Waals surface area (Å²) in [7, 11) is 0. The predicted molar refractivity (Wildman–Crippen MR) is 158 cm³/mol. The van der Waals surface area contributed by atoms with Crippen molar-refractivity contribution >= 4 is 17.4 Å². The summed E-state index contributed by atoms with van der Waals surface area (Å²) in [6, 6.07) is 12.9. The number of nitrogens with zero attached hydrogens (tertiary/aromatic N) is 2. The van der Waals surface area contributed by atoms with Gasteiger partial charge in [0.25, 0.3) is 11.7 Å². The van der Waals surface area contributed by atoms with Gasteiger partial charge in [-0.15, -0.1) is 0 Å². The molecule has 1 saturated heterocycles. The third-order valence-corrected chi connectivity index (χ3v) is 7.54. The van der Waals surface area contributed by atoms with Crippen molar-refractivity contribution in [3.05, 3.63) is 70.3 Å². The van der Waals surface area contributed by atoms with E-state index in [1.807, 2.05) is 31.2 Å². The summed E-state index contributed by atoms with van der Waals surface area (Å²) in [6.45, 7) is 22.1. The SMILES string of the molecule is CCOc1ccc(/C(O)=C2/C(=O)C(=O)N(CCN(CC)CC)C2c2ccc(C(C)(C)C)cc2)cc1C(C)(C)C. The number of ketones is 1. The van der Waals surface area contributed by atoms with Gasteiger partial charge in [0.05, 0.1) is 18.2 Å². The van der Waals surface area contributed by atoms with Gasteiger partial charge < -0.3 is 19.6 Å². The third-order valence-electron chi connectivity index (χ3n) is 7.54. The van der Waals surface area contributed by atoms with Gasteiger partial charge >= 0.3 is 0 Å². The molecule has 1 amide bonds. The molecule has 39 heavy (non-hydrogen) atoms. The minimum absolute atomic E-state index is 0.0330. The maximum Gasteiger partial charge on any atom is 0.295 e. The fourth-order valence-corrected chi connectivity index (χ4v) is 5.11. The Hall–Kier alpha value is -3.12. The van der Waals surface area contributed by atoms with Gasteiger partial charge in [0.2, 0.25) is 0 Å². The van der Waals surface area contributed by atoms with Crippen LogP contribution in [0.5, 0.6) is 5.75 Å². The van der Waals surface area contributed by atoms with Crippen molar-refractivity contribution in [3.63, 3.8) is 0 Å². The summed E-state index contributed by atoms with van der Waals surface area (Å²) >= 11 is 0. The van der Waals surface area contributed by atoms with Crippen molar-refractivity contribution < 1.29 is 19.4 Å². The van der Waals surface area contributed by atoms with Crippen LogP contribution in [0.15, 0.2) is 48.0 Å². The van der Waals surface area contributed by atoms with Crippen LogP contribution < -0.4 is 4.74 Å². The van der Waals surface area contributed by atoms with Crippen molar-refractivity contribution in [2.45, 2.75) is 79.2 Å². The van der Waals surface area contributed by atoms with Gasteiger partial charge in [-0.1, -0.05) is 79.7 Å². The summed E-state index contributed by atoms with van der Waals surface area (Å²) in [5, 5.41) is 11.7. The second-order valence-electron chi connectivity index (χ2n) is 12.3. The molecule has 1 aliphatic rings. The Kier molecular flexibility index (Phi) is 9.32. The number of carbonyl (C=O) groups excluding carboxylic acids is 2. The number of hydrogen-bond donors (Lipinski definition) is 1. The number of rotatable bonds is 9. The molecule has 0 aliphatic carbocycles. The van der Waals surface area contributed by atoms with Crippen LogP contribution in [0, 0.1) is 0 Å². The Balaban J connectivity index is 2.18. The molecule has 0 radical (unpaired) electrons. The van der Waals surface area contributed by atoms with Crippen LogP contribution >= 0.6 is 0 Å². The standard InChI is InChI=1S/C33H46N2O4/c1-10-34(11-2)19-20-35-28(22-13-16-24(17-14-22)32(4,5)6)27(30(37)31(35)38)29(36)23-15-18-26(39-12-3)25(21-23)33(7,8)9/h13-18,21,28,36H,10-12,19-20H2,1-9H3/b29-27-. The normalized spacial score (nSPS) is 17.8. The topological polar surface area (TPSA) is 70.1 Å². The highest BCUT2D eigenvalue weighted by molar-refractivity contribution is 6.46. The summed E-state index contributed by atoms with van der Waals surface area (Å²) in [6.07, 6.45) is 0. The molecule has 1 atom stereocenters. The molecule has 1 N–H and O–H groups in total. The van der Waals surface area contributed by atoms with E-state index in [0.29, 0.717) is 25.3 Å². The maximum absolute atomic E-state index is 13.5. The summed E-state index contributed by atoms with van der Waals surface area (Å²) in [5.41, 5.74) is 3.25. The molecule has 0 saturated carbocycles. The zero-order valence-corrected chi connectivity index (χ0v) is 25.2. The van der Waals surface area contributed by atoms with Crippen LogP contribution in [-0.4, -0.2) is 59.4 Å². The fourth-order valence-electron chi connectivity index (χ4n) is 5.11. The average Bonchev–Trinajstić information content (AvgIpc) is 3.13. The van der Waals surface area contributed by atoms with Gasteiger partial charge in [-0.2, -0.15) is 0 Å². The number of aliphatic hydroxyl groups excluding tert-OH is 1. The first-order valence-corrected chi connectivity index (χ1v) is 14.1. The molecule has 1 aliphatic heterocycles. The van der Waals surface area contributed by atoms with Crippen molar-refractivity contribution in [1.82, 2.24) is 9.80 Å². The van der Waals surface area contributed by atoms with Gasteiger partial charge in [0.1, 0.15) is 11.5 Å². The molecule has 3 rings (SSSR count). The van der Waals surface area contributed by atoms with Gasteiger partial charge in [0.15, 0.2) is 0 Å². The second kappa shape index (κ2) is 12.0. The predicted octanol–water partition coefficient (Wildman–Crippen LogP) is 6.44. The van der Waals surface area contributed by atoms with E-state index >= 15 is 0 Å². The van der Waals surface area contributed by atoms with Gasteiger partial charge in [-0.05, 0) is 60.2 Å². The van der Waals surface area contributed by atoms with E-state index in [1.165, 1.54) is 0 Å². The zero-order chi connectivity index (χ0) is 29.1. The molecular weight excluding hydrogens is 488 g/mol. The number of hydrogen-bond acceptors (Lipinski definition) is 5. The Bertz CT molecular complexity index is 1210. The third kappa shape index (κ3) is 6.55. The Morgan fingerprint density at radius 2 is 1.54 bits per heavy atom. The van der Waals surface area contributed by atoms with E-state index in [0.717, 1.165) is 35.5 Å². The Morgan fingerprint density at radius 1 is 0.923 bits per heavy atom. The monoisotopic (exact) mass is 534 g/mol. The van der Waals surface area contributed by atoms with Crippen molar-refractivity contribution in [2.75, 3.05) is 32.8 Å². The molecule has 6 nitrogen and oxygen atoms in total. The van der Waals surface area contributed by atoms with Crippen LogP contribution in [0.2, 0.25) is 0 Å². The van der Waals surface area contributed by atoms with Gasteiger partial charge in [-0.3, -0.25) is 9.59 Å². The maximum atomic E-state index is 13.5.